The summed E-state index contributed by atoms with van der Waals surface area (Å²) in [7, 11) is 0. The van der Waals surface area contributed by atoms with Gasteiger partial charge >= 0.3 is 0 Å². The number of nitrogens with one attached hydrogen (secondary N) is 1. The number of carbonyl (C=O) groups excluding carboxylic acids is 2. The first-order valence-electron chi connectivity index (χ1n) is 8.74. The highest BCUT2D eigenvalue weighted by Crippen LogP contribution is 2.37. The molecule has 3 aromatic carbocycles. The summed E-state index contributed by atoms with van der Waals surface area (Å²) in [4.78, 5) is 27.3. The highest BCUT2D eigenvalue weighted by Gasteiger charge is 2.34. The molecule has 6 heteroatoms. The number of fused-ring (bicyclic) bond motifs is 1. The van der Waals surface area contributed by atoms with Crippen molar-refractivity contribution in [2.45, 2.75) is 6.04 Å². The van der Waals surface area contributed by atoms with Gasteiger partial charge in [-0.15, -0.1) is 0 Å². The molecule has 1 atom stereocenters. The summed E-state index contributed by atoms with van der Waals surface area (Å²) in [5, 5.41) is 2.87. The Morgan fingerprint density at radius 2 is 1.82 bits per heavy atom. The molecule has 28 heavy (non-hydrogen) atoms. The summed E-state index contributed by atoms with van der Waals surface area (Å²) in [6.07, 6.45) is 0. The maximum atomic E-state index is 13.7. The molecule has 1 heterocycles. The standard InChI is InChI=1S/C22H16BrFN2O2/c23-16-9-10-19-18(12-16)21(14-5-2-1-3-6-14)26(13-20(27)25-19)22(28)15-7-4-8-17(24)11-15/h1-12,21H,13H2,(H,25,27). The Morgan fingerprint density at radius 3 is 2.57 bits per heavy atom. The van der Waals surface area contributed by atoms with Crippen molar-refractivity contribution in [2.24, 2.45) is 0 Å². The molecule has 0 spiro atoms. The smallest absolute Gasteiger partial charge is 0.255 e. The minimum absolute atomic E-state index is 0.138. The number of hydrogen-bond acceptors (Lipinski definition) is 2. The maximum absolute atomic E-state index is 13.7. The zero-order valence-electron chi connectivity index (χ0n) is 14.7. The van der Waals surface area contributed by atoms with Gasteiger partial charge < -0.3 is 10.2 Å². The van der Waals surface area contributed by atoms with Crippen LogP contribution in [-0.4, -0.2) is 23.3 Å². The van der Waals surface area contributed by atoms with Crippen LogP contribution in [0.1, 0.15) is 27.5 Å². The van der Waals surface area contributed by atoms with Gasteiger partial charge in [0, 0.05) is 21.3 Å². The molecule has 2 amide bonds. The molecule has 3 aromatic rings. The molecule has 4 nitrogen and oxygen atoms in total. The predicted molar refractivity (Wildman–Crippen MR) is 108 cm³/mol. The fourth-order valence-corrected chi connectivity index (χ4v) is 3.83. The van der Waals surface area contributed by atoms with Crippen LogP contribution in [0.4, 0.5) is 10.1 Å². The van der Waals surface area contributed by atoms with Crippen LogP contribution in [0, 0.1) is 5.82 Å². The summed E-state index contributed by atoms with van der Waals surface area (Å²) in [5.74, 6) is -1.20. The second-order valence-electron chi connectivity index (χ2n) is 6.54. The van der Waals surface area contributed by atoms with Gasteiger partial charge in [0.1, 0.15) is 12.4 Å². The van der Waals surface area contributed by atoms with Gasteiger partial charge in [-0.3, -0.25) is 9.59 Å². The Labute approximate surface area is 170 Å². The van der Waals surface area contributed by atoms with Crippen LogP contribution in [0.2, 0.25) is 0 Å². The zero-order chi connectivity index (χ0) is 19.7. The second kappa shape index (κ2) is 7.56. The number of carbonyl (C=O) groups is 2. The fraction of sp³-hybridized carbons (Fsp3) is 0.0909. The van der Waals surface area contributed by atoms with E-state index in [-0.39, 0.29) is 18.0 Å². The molecule has 0 fully saturated rings. The van der Waals surface area contributed by atoms with Gasteiger partial charge in [-0.25, -0.2) is 4.39 Å². The number of nitrogens with zero attached hydrogens (tertiary/aromatic N) is 1. The van der Waals surface area contributed by atoms with Gasteiger partial charge in [0.05, 0.1) is 6.04 Å². The van der Waals surface area contributed by atoms with Crippen molar-refractivity contribution in [1.82, 2.24) is 4.90 Å². The van der Waals surface area contributed by atoms with Gasteiger partial charge in [0.2, 0.25) is 5.91 Å². The number of benzene rings is 3. The molecular formula is C22H16BrFN2O2. The number of anilines is 1. The van der Waals surface area contributed by atoms with Crippen LogP contribution in [0.5, 0.6) is 0 Å². The molecule has 4 rings (SSSR count). The van der Waals surface area contributed by atoms with Gasteiger partial charge in [0.25, 0.3) is 5.91 Å². The average Bonchev–Trinajstić information content (AvgIpc) is 2.83. The molecule has 0 radical (unpaired) electrons. The Morgan fingerprint density at radius 1 is 1.04 bits per heavy atom. The lowest BCUT2D eigenvalue weighted by atomic mass is 9.95. The van der Waals surface area contributed by atoms with Crippen molar-refractivity contribution >= 4 is 33.4 Å². The van der Waals surface area contributed by atoms with Gasteiger partial charge in [-0.1, -0.05) is 52.3 Å². The van der Waals surface area contributed by atoms with E-state index in [0.29, 0.717) is 5.69 Å². The third-order valence-corrected chi connectivity index (χ3v) is 5.15. The first-order chi connectivity index (χ1) is 13.5. The number of rotatable bonds is 2. The first-order valence-corrected chi connectivity index (χ1v) is 9.53. The van der Waals surface area contributed by atoms with Crippen molar-refractivity contribution in [1.29, 1.82) is 0 Å². The molecule has 1 aliphatic heterocycles. The van der Waals surface area contributed by atoms with E-state index in [0.717, 1.165) is 15.6 Å². The normalized spacial score (nSPS) is 16.1. The van der Waals surface area contributed by atoms with E-state index in [1.807, 2.05) is 48.5 Å². The Balaban J connectivity index is 1.89. The molecule has 1 aliphatic rings. The highest BCUT2D eigenvalue weighted by molar-refractivity contribution is 9.10. The predicted octanol–water partition coefficient (Wildman–Crippen LogP) is 4.77. The fourth-order valence-electron chi connectivity index (χ4n) is 3.45. The highest BCUT2D eigenvalue weighted by atomic mass is 79.9. The molecule has 0 bridgehead atoms. The molecule has 0 saturated heterocycles. The zero-order valence-corrected chi connectivity index (χ0v) is 16.3. The SMILES string of the molecule is O=C1CN(C(=O)c2cccc(F)c2)C(c2ccccc2)c2cc(Br)ccc2N1. The van der Waals surface area contributed by atoms with E-state index in [2.05, 4.69) is 21.2 Å². The maximum Gasteiger partial charge on any atom is 0.255 e. The summed E-state index contributed by atoms with van der Waals surface area (Å²) < 4.78 is 14.5. The van der Waals surface area contributed by atoms with Crippen molar-refractivity contribution in [2.75, 3.05) is 11.9 Å². The summed E-state index contributed by atoms with van der Waals surface area (Å²) >= 11 is 3.48. The second-order valence-corrected chi connectivity index (χ2v) is 7.45. The Bertz CT molecular complexity index is 1060. The lowest BCUT2D eigenvalue weighted by molar-refractivity contribution is -0.117. The summed E-state index contributed by atoms with van der Waals surface area (Å²) in [5.41, 5.74) is 2.50. The topological polar surface area (TPSA) is 49.4 Å². The molecular weight excluding hydrogens is 423 g/mol. The lowest BCUT2D eigenvalue weighted by Gasteiger charge is -2.30. The number of halogens is 2. The van der Waals surface area contributed by atoms with Crippen molar-refractivity contribution in [3.8, 4) is 0 Å². The van der Waals surface area contributed by atoms with Crippen LogP contribution < -0.4 is 5.32 Å². The van der Waals surface area contributed by atoms with Crippen LogP contribution in [0.3, 0.4) is 0 Å². The minimum Gasteiger partial charge on any atom is -0.324 e. The van der Waals surface area contributed by atoms with Crippen LogP contribution >= 0.6 is 15.9 Å². The van der Waals surface area contributed by atoms with Crippen molar-refractivity contribution < 1.29 is 14.0 Å². The van der Waals surface area contributed by atoms with Crippen LogP contribution in [-0.2, 0) is 4.79 Å². The van der Waals surface area contributed by atoms with Crippen LogP contribution in [0.15, 0.2) is 77.3 Å². The average molecular weight is 439 g/mol. The lowest BCUT2D eigenvalue weighted by Crippen LogP contribution is -2.39. The number of hydrogen-bond donors (Lipinski definition) is 1. The molecule has 0 aliphatic carbocycles. The van der Waals surface area contributed by atoms with E-state index < -0.39 is 17.8 Å². The number of amides is 2. The van der Waals surface area contributed by atoms with E-state index in [9.17, 15) is 14.0 Å². The van der Waals surface area contributed by atoms with Crippen molar-refractivity contribution in [3.63, 3.8) is 0 Å². The van der Waals surface area contributed by atoms with Gasteiger partial charge in [0.15, 0.2) is 0 Å². The molecule has 1 unspecified atom stereocenters. The molecule has 1 N–H and O–H groups in total. The quantitative estimate of drug-likeness (QED) is 0.626. The Kier molecular flexibility index (Phi) is 4.96. The largest absolute Gasteiger partial charge is 0.324 e. The van der Waals surface area contributed by atoms with Gasteiger partial charge in [-0.05, 0) is 42.0 Å². The summed E-state index contributed by atoms with van der Waals surface area (Å²) in [6, 6.07) is 20.1. The Hall–Kier alpha value is -2.99. The van der Waals surface area contributed by atoms with E-state index in [1.165, 1.54) is 23.1 Å². The third kappa shape index (κ3) is 3.55. The van der Waals surface area contributed by atoms with Gasteiger partial charge in [-0.2, -0.15) is 0 Å². The minimum atomic E-state index is -0.497. The first kappa shape index (κ1) is 18.4. The van der Waals surface area contributed by atoms with Crippen LogP contribution in [0.25, 0.3) is 0 Å². The monoisotopic (exact) mass is 438 g/mol. The molecule has 140 valence electrons. The van der Waals surface area contributed by atoms with E-state index in [1.54, 1.807) is 6.07 Å². The van der Waals surface area contributed by atoms with E-state index in [4.69, 9.17) is 0 Å². The van der Waals surface area contributed by atoms with E-state index >= 15 is 0 Å². The molecule has 0 aromatic heterocycles. The summed E-state index contributed by atoms with van der Waals surface area (Å²) in [6.45, 7) is -0.138. The van der Waals surface area contributed by atoms with Crippen molar-refractivity contribution in [3.05, 3.63) is 99.8 Å². The third-order valence-electron chi connectivity index (χ3n) is 4.66. The molecule has 0 saturated carbocycles.